The number of rotatable bonds is 0. The van der Waals surface area contributed by atoms with Gasteiger partial charge in [-0.25, -0.2) is 0 Å². The molecule has 0 bridgehead atoms. The lowest BCUT2D eigenvalue weighted by Gasteiger charge is -2.58. The second kappa shape index (κ2) is 10.7. The molecule has 0 N–H and O–H groups in total. The maximum Gasteiger partial charge on any atom is 0.0700 e. The van der Waals surface area contributed by atoms with Gasteiger partial charge in [-0.1, -0.05) is 38.5 Å². The van der Waals surface area contributed by atoms with Gasteiger partial charge in [-0.05, 0) is 49.4 Å². The van der Waals surface area contributed by atoms with Crippen molar-refractivity contribution in [2.24, 2.45) is 23.7 Å². The van der Waals surface area contributed by atoms with E-state index >= 15 is 0 Å². The highest BCUT2D eigenvalue weighted by molar-refractivity contribution is 8.06. The largest absolute Gasteiger partial charge is 0.378 e. The fourth-order valence-corrected chi connectivity index (χ4v) is 12.8. The number of hydrogen-bond donors (Lipinski definition) is 0. The van der Waals surface area contributed by atoms with Crippen molar-refractivity contribution < 1.29 is 9.47 Å². The van der Waals surface area contributed by atoms with E-state index in [0.29, 0.717) is 0 Å². The molecule has 5 rings (SSSR count). The first-order valence-corrected chi connectivity index (χ1v) is 15.5. The lowest BCUT2D eigenvalue weighted by Crippen LogP contribution is -2.57. The van der Waals surface area contributed by atoms with E-state index in [4.69, 9.17) is 9.47 Å². The van der Waals surface area contributed by atoms with E-state index in [-0.39, 0.29) is 0 Å². The van der Waals surface area contributed by atoms with Crippen LogP contribution in [-0.2, 0) is 9.47 Å². The molecule has 5 fully saturated rings. The minimum Gasteiger partial charge on any atom is -0.378 e. The molecule has 0 aromatic rings. The van der Waals surface area contributed by atoms with Gasteiger partial charge in [0.1, 0.15) is 0 Å². The fraction of sp³-hybridized carbons (Fsp3) is 1.00. The average Bonchev–Trinajstić information content (AvgIpc) is 3.06. The van der Waals surface area contributed by atoms with Gasteiger partial charge < -0.3 is 9.47 Å². The Morgan fingerprint density at radius 1 is 0.448 bits per heavy atom. The van der Waals surface area contributed by atoms with Gasteiger partial charge >= 0.3 is 0 Å². The van der Waals surface area contributed by atoms with E-state index in [1.807, 2.05) is 0 Å². The van der Waals surface area contributed by atoms with Gasteiger partial charge in [0.25, 0.3) is 0 Å². The third kappa shape index (κ3) is 4.84. The Labute approximate surface area is 191 Å². The van der Waals surface area contributed by atoms with E-state index in [1.165, 1.54) is 75.7 Å². The van der Waals surface area contributed by atoms with Crippen LogP contribution < -0.4 is 0 Å². The molecule has 0 aromatic heterocycles. The molecule has 1 heterocycles. The highest BCUT2D eigenvalue weighted by atomic mass is 32.2. The predicted octanol–water partition coefficient (Wildman–Crippen LogP) is 6.13. The SMILES string of the molecule is C1CCC2C(CC1)C1SC3C4CCCCCC4C3SCCOCCOCCSC21. The molecule has 5 aliphatic rings. The van der Waals surface area contributed by atoms with Gasteiger partial charge in [-0.15, -0.1) is 0 Å². The molecule has 5 heteroatoms. The minimum absolute atomic E-state index is 0.775. The average molecular weight is 457 g/mol. The molecule has 4 saturated carbocycles. The van der Waals surface area contributed by atoms with Crippen molar-refractivity contribution in [3.8, 4) is 0 Å². The van der Waals surface area contributed by atoms with Gasteiger partial charge in [-0.3, -0.25) is 0 Å². The van der Waals surface area contributed by atoms with E-state index in [0.717, 1.165) is 71.1 Å². The number of thioether (sulfide) groups is 3. The van der Waals surface area contributed by atoms with Gasteiger partial charge in [0.2, 0.25) is 0 Å². The van der Waals surface area contributed by atoms with Crippen LogP contribution in [0.3, 0.4) is 0 Å². The molecular weight excluding hydrogens is 416 g/mol. The lowest BCUT2D eigenvalue weighted by atomic mass is 9.69. The van der Waals surface area contributed by atoms with E-state index in [2.05, 4.69) is 35.3 Å². The molecule has 8 atom stereocenters. The van der Waals surface area contributed by atoms with Crippen LogP contribution in [0.25, 0.3) is 0 Å². The van der Waals surface area contributed by atoms with Gasteiger partial charge in [0.15, 0.2) is 0 Å². The molecule has 166 valence electrons. The fourth-order valence-electron chi connectivity index (χ4n) is 6.83. The topological polar surface area (TPSA) is 18.5 Å². The van der Waals surface area contributed by atoms with Crippen molar-refractivity contribution in [3.63, 3.8) is 0 Å². The smallest absolute Gasteiger partial charge is 0.0700 e. The first kappa shape index (κ1) is 21.8. The second-order valence-corrected chi connectivity index (χ2v) is 13.8. The summed E-state index contributed by atoms with van der Waals surface area (Å²) in [5.41, 5.74) is 0. The Balaban J connectivity index is 1.31. The monoisotopic (exact) mass is 456 g/mol. The van der Waals surface area contributed by atoms with Crippen molar-refractivity contribution >= 4 is 35.3 Å². The van der Waals surface area contributed by atoms with Crippen LogP contribution in [-0.4, -0.2) is 58.9 Å². The number of fused-ring (bicyclic) bond motifs is 8. The van der Waals surface area contributed by atoms with E-state index in [9.17, 15) is 0 Å². The summed E-state index contributed by atoms with van der Waals surface area (Å²) in [7, 11) is 0. The van der Waals surface area contributed by atoms with Gasteiger partial charge in [-0.2, -0.15) is 35.3 Å². The minimum atomic E-state index is 0.775. The van der Waals surface area contributed by atoms with Crippen LogP contribution in [0.15, 0.2) is 0 Å². The van der Waals surface area contributed by atoms with Gasteiger partial charge in [0.05, 0.1) is 26.4 Å². The molecule has 29 heavy (non-hydrogen) atoms. The van der Waals surface area contributed by atoms with Crippen molar-refractivity contribution in [2.75, 3.05) is 37.9 Å². The molecule has 2 nitrogen and oxygen atoms in total. The molecule has 0 amide bonds. The van der Waals surface area contributed by atoms with Crippen molar-refractivity contribution in [1.82, 2.24) is 0 Å². The third-order valence-corrected chi connectivity index (χ3v) is 13.5. The van der Waals surface area contributed by atoms with E-state index in [1.54, 1.807) is 0 Å². The quantitative estimate of drug-likeness (QED) is 0.435. The molecule has 0 spiro atoms. The lowest BCUT2D eigenvalue weighted by molar-refractivity contribution is 0.0602. The highest BCUT2D eigenvalue weighted by Crippen LogP contribution is 2.61. The van der Waals surface area contributed by atoms with Crippen molar-refractivity contribution in [3.05, 3.63) is 0 Å². The maximum absolute atomic E-state index is 5.86. The summed E-state index contributed by atoms with van der Waals surface area (Å²) in [4.78, 5) is 0. The van der Waals surface area contributed by atoms with Crippen LogP contribution in [0.2, 0.25) is 0 Å². The second-order valence-electron chi connectivity index (χ2n) is 9.89. The van der Waals surface area contributed by atoms with Crippen LogP contribution in [0.5, 0.6) is 0 Å². The molecule has 0 radical (unpaired) electrons. The highest BCUT2D eigenvalue weighted by Gasteiger charge is 2.56. The molecule has 1 saturated heterocycles. The van der Waals surface area contributed by atoms with Gasteiger partial charge in [0, 0.05) is 32.5 Å². The normalized spacial score (nSPS) is 47.2. The Morgan fingerprint density at radius 2 is 0.862 bits per heavy atom. The Morgan fingerprint density at radius 3 is 1.31 bits per heavy atom. The first-order valence-electron chi connectivity index (χ1n) is 12.5. The zero-order chi connectivity index (χ0) is 19.5. The Hall–Kier alpha value is 0.970. The predicted molar refractivity (Wildman–Crippen MR) is 129 cm³/mol. The zero-order valence-electron chi connectivity index (χ0n) is 18.0. The Bertz CT molecular complexity index is 474. The molecular formula is C24H40O2S3. The summed E-state index contributed by atoms with van der Waals surface area (Å²) in [6.45, 7) is 3.36. The summed E-state index contributed by atoms with van der Waals surface area (Å²) in [6.07, 6.45) is 15.0. The summed E-state index contributed by atoms with van der Waals surface area (Å²) in [6, 6.07) is 0. The first-order chi connectivity index (χ1) is 14.4. The van der Waals surface area contributed by atoms with E-state index < -0.39 is 0 Å². The number of ether oxygens (including phenoxy) is 2. The van der Waals surface area contributed by atoms with Crippen molar-refractivity contribution in [2.45, 2.75) is 85.2 Å². The standard InChI is InChI=1S/C24H40O2S3/c1-3-7-17-19(9-5-1)23-21(17)27-15-13-25-11-12-26-14-16-28-22-18-8-4-2-6-10-20(18)24(22)29-23/h17-24H,1-16H2. The van der Waals surface area contributed by atoms with Crippen LogP contribution >= 0.6 is 35.3 Å². The zero-order valence-corrected chi connectivity index (χ0v) is 20.4. The summed E-state index contributed by atoms with van der Waals surface area (Å²) >= 11 is 7.02. The van der Waals surface area contributed by atoms with Crippen molar-refractivity contribution in [1.29, 1.82) is 0 Å². The Kier molecular flexibility index (Phi) is 8.06. The molecule has 8 unspecified atom stereocenters. The number of hydrogen-bond acceptors (Lipinski definition) is 5. The molecule has 0 aromatic carbocycles. The maximum atomic E-state index is 5.86. The molecule has 4 aliphatic carbocycles. The molecule has 1 aliphatic heterocycles. The summed E-state index contributed by atoms with van der Waals surface area (Å²) in [5, 5.41) is 3.68. The van der Waals surface area contributed by atoms with Crippen LogP contribution in [0.1, 0.15) is 64.2 Å². The van der Waals surface area contributed by atoms with Crippen LogP contribution in [0.4, 0.5) is 0 Å². The summed E-state index contributed by atoms with van der Waals surface area (Å²) < 4.78 is 11.7. The third-order valence-electron chi connectivity index (χ3n) is 8.35. The van der Waals surface area contributed by atoms with Crippen LogP contribution in [0, 0.1) is 23.7 Å². The summed E-state index contributed by atoms with van der Waals surface area (Å²) in [5.74, 6) is 6.43.